The monoisotopic (exact) mass is 597 g/mol. The lowest BCUT2D eigenvalue weighted by Gasteiger charge is -2.22. The zero-order chi connectivity index (χ0) is 30.8. The summed E-state index contributed by atoms with van der Waals surface area (Å²) in [6.45, 7) is 8.63. The molecule has 2 heterocycles. The molecule has 222 valence electrons. The summed E-state index contributed by atoms with van der Waals surface area (Å²) < 4.78 is 59.0. The molecule has 2 aromatic carbocycles. The quantitative estimate of drug-likeness (QED) is 0.267. The van der Waals surface area contributed by atoms with Gasteiger partial charge in [-0.1, -0.05) is 23.8 Å². The van der Waals surface area contributed by atoms with E-state index in [1.165, 1.54) is 49.8 Å². The van der Waals surface area contributed by atoms with Crippen molar-refractivity contribution in [3.63, 3.8) is 0 Å². The van der Waals surface area contributed by atoms with Gasteiger partial charge < -0.3 is 19.5 Å². The van der Waals surface area contributed by atoms with E-state index in [1.54, 1.807) is 45.9 Å². The van der Waals surface area contributed by atoms with Crippen LogP contribution >= 0.6 is 0 Å². The van der Waals surface area contributed by atoms with Crippen LogP contribution in [-0.4, -0.2) is 48.2 Å². The molecule has 1 unspecified atom stereocenters. The van der Waals surface area contributed by atoms with E-state index in [9.17, 15) is 18.0 Å². The molecular weight excluding hydrogens is 565 g/mol. The largest absolute Gasteiger partial charge is 0.467 e. The average Bonchev–Trinajstić information content (AvgIpc) is 3.26. The van der Waals surface area contributed by atoms with Crippen molar-refractivity contribution in [2.24, 2.45) is 0 Å². The van der Waals surface area contributed by atoms with Crippen molar-refractivity contribution in [3.05, 3.63) is 83.4 Å². The lowest BCUT2D eigenvalue weighted by Crippen LogP contribution is -2.45. The van der Waals surface area contributed by atoms with Crippen molar-refractivity contribution >= 4 is 33.1 Å². The Morgan fingerprint density at radius 3 is 2.36 bits per heavy atom. The molecule has 4 rings (SSSR count). The number of nitrogens with zero attached hydrogens (tertiary/aromatic N) is 2. The fourth-order valence-electron chi connectivity index (χ4n) is 4.26. The van der Waals surface area contributed by atoms with Gasteiger partial charge in [0.05, 0.1) is 17.4 Å². The highest BCUT2D eigenvalue weighted by Crippen LogP contribution is 2.35. The predicted octanol–water partition coefficient (Wildman–Crippen LogP) is 5.43. The SMILES string of the molecule is COC(=O)C(Cc1ccc(Oc2ccnc3c2c(C)cn3S(=O)(=O)c2ccc(C)cc2)c(F)c1)NC(=O)OC(C)(C)C. The average molecular weight is 598 g/mol. The molecule has 2 aromatic heterocycles. The van der Waals surface area contributed by atoms with Crippen LogP contribution < -0.4 is 10.1 Å². The molecule has 42 heavy (non-hydrogen) atoms. The molecule has 0 aliphatic heterocycles. The second-order valence-corrected chi connectivity index (χ2v) is 12.5. The van der Waals surface area contributed by atoms with Crippen LogP contribution in [0.5, 0.6) is 11.5 Å². The molecule has 0 spiro atoms. The van der Waals surface area contributed by atoms with Crippen LogP contribution in [0.1, 0.15) is 37.5 Å². The van der Waals surface area contributed by atoms with E-state index in [-0.39, 0.29) is 28.5 Å². The molecule has 1 N–H and O–H groups in total. The molecule has 10 nitrogen and oxygen atoms in total. The predicted molar refractivity (Wildman–Crippen MR) is 154 cm³/mol. The Morgan fingerprint density at radius 1 is 1.05 bits per heavy atom. The molecule has 4 aromatic rings. The standard InChI is InChI=1S/C30H32FN3O7S/c1-18-7-10-21(11-8-18)42(37,38)34-17-19(2)26-25(13-14-32-27(26)34)40-24-12-9-20(15-22(24)31)16-23(28(35)39-6)33-29(36)41-30(3,4)5/h7-15,17,23H,16H2,1-6H3,(H,33,36). The first-order chi connectivity index (χ1) is 19.7. The van der Waals surface area contributed by atoms with E-state index in [2.05, 4.69) is 10.3 Å². The highest BCUT2D eigenvalue weighted by molar-refractivity contribution is 7.90. The van der Waals surface area contributed by atoms with Gasteiger partial charge in [-0.25, -0.2) is 31.4 Å². The van der Waals surface area contributed by atoms with E-state index in [4.69, 9.17) is 14.2 Å². The number of benzene rings is 2. The van der Waals surface area contributed by atoms with Gasteiger partial charge in [-0.3, -0.25) is 0 Å². The van der Waals surface area contributed by atoms with Crippen molar-refractivity contribution in [1.82, 2.24) is 14.3 Å². The fraction of sp³-hybridized carbons (Fsp3) is 0.300. The summed E-state index contributed by atoms with van der Waals surface area (Å²) in [6.07, 6.45) is 1.95. The summed E-state index contributed by atoms with van der Waals surface area (Å²) in [7, 11) is -2.78. The lowest BCUT2D eigenvalue weighted by molar-refractivity contribution is -0.143. The number of fused-ring (bicyclic) bond motifs is 1. The van der Waals surface area contributed by atoms with E-state index < -0.39 is 39.5 Å². The number of nitrogens with one attached hydrogen (secondary N) is 1. The van der Waals surface area contributed by atoms with Gasteiger partial charge in [-0.2, -0.15) is 0 Å². The maximum absolute atomic E-state index is 15.2. The second kappa shape index (κ2) is 11.8. The zero-order valence-electron chi connectivity index (χ0n) is 24.1. The highest BCUT2D eigenvalue weighted by Gasteiger charge is 2.26. The number of aryl methyl sites for hydroxylation is 2. The molecule has 0 saturated carbocycles. The Kier molecular flexibility index (Phi) is 8.58. The molecular formula is C30H32FN3O7S. The first kappa shape index (κ1) is 30.5. The van der Waals surface area contributed by atoms with Crippen molar-refractivity contribution in [3.8, 4) is 11.5 Å². The number of rotatable bonds is 8. The van der Waals surface area contributed by atoms with Gasteiger partial charge in [0.15, 0.2) is 17.2 Å². The number of hydrogen-bond acceptors (Lipinski definition) is 8. The number of esters is 1. The third kappa shape index (κ3) is 6.71. The van der Waals surface area contributed by atoms with Gasteiger partial charge in [0.1, 0.15) is 17.4 Å². The molecule has 0 aliphatic carbocycles. The van der Waals surface area contributed by atoms with Crippen LogP contribution in [0.4, 0.5) is 9.18 Å². The normalized spacial score (nSPS) is 12.5. The Morgan fingerprint density at radius 2 is 1.74 bits per heavy atom. The van der Waals surface area contributed by atoms with Crippen molar-refractivity contribution < 1.29 is 36.6 Å². The minimum atomic E-state index is -3.96. The molecule has 0 aliphatic rings. The van der Waals surface area contributed by atoms with Gasteiger partial charge >= 0.3 is 12.1 Å². The Hall–Kier alpha value is -4.45. The van der Waals surface area contributed by atoms with E-state index in [1.807, 2.05) is 6.92 Å². The van der Waals surface area contributed by atoms with Crippen LogP contribution in [0.15, 0.2) is 65.8 Å². The number of methoxy groups -OCH3 is 1. The summed E-state index contributed by atoms with van der Waals surface area (Å²) in [6, 6.07) is 11.0. The minimum Gasteiger partial charge on any atom is -0.467 e. The molecule has 12 heteroatoms. The van der Waals surface area contributed by atoms with Gasteiger partial charge in [-0.15, -0.1) is 0 Å². The van der Waals surface area contributed by atoms with Crippen LogP contribution in [0.2, 0.25) is 0 Å². The number of pyridine rings is 1. The maximum Gasteiger partial charge on any atom is 0.408 e. The first-order valence-electron chi connectivity index (χ1n) is 13.0. The van der Waals surface area contributed by atoms with Crippen molar-refractivity contribution in [2.75, 3.05) is 7.11 Å². The summed E-state index contributed by atoms with van der Waals surface area (Å²) in [5.74, 6) is -1.38. The van der Waals surface area contributed by atoms with Crippen LogP contribution in [0.3, 0.4) is 0 Å². The number of halogens is 1. The second-order valence-electron chi connectivity index (χ2n) is 10.7. The molecule has 0 saturated heterocycles. The smallest absolute Gasteiger partial charge is 0.408 e. The van der Waals surface area contributed by atoms with Gasteiger partial charge in [-0.05, 0) is 76.1 Å². The third-order valence-corrected chi connectivity index (χ3v) is 7.88. The molecule has 0 bridgehead atoms. The summed E-state index contributed by atoms with van der Waals surface area (Å²) in [5.41, 5.74) is 1.23. The third-order valence-electron chi connectivity index (χ3n) is 6.22. The highest BCUT2D eigenvalue weighted by atomic mass is 32.2. The summed E-state index contributed by atoms with van der Waals surface area (Å²) >= 11 is 0. The number of carbonyl (C=O) groups is 2. The number of alkyl carbamates (subject to hydrolysis) is 1. The first-order valence-corrected chi connectivity index (χ1v) is 14.5. The Bertz CT molecular complexity index is 1740. The van der Waals surface area contributed by atoms with Crippen molar-refractivity contribution in [2.45, 2.75) is 57.6 Å². The zero-order valence-corrected chi connectivity index (χ0v) is 24.9. The molecule has 1 atom stereocenters. The van der Waals surface area contributed by atoms with Gasteiger partial charge in [0.2, 0.25) is 0 Å². The number of hydrogen-bond donors (Lipinski definition) is 1. The van der Waals surface area contributed by atoms with Gasteiger partial charge in [0.25, 0.3) is 10.0 Å². The molecule has 0 fully saturated rings. The Labute approximate surface area is 243 Å². The fourth-order valence-corrected chi connectivity index (χ4v) is 5.63. The minimum absolute atomic E-state index is 0.0680. The summed E-state index contributed by atoms with van der Waals surface area (Å²) in [5, 5.41) is 2.86. The van der Waals surface area contributed by atoms with E-state index in [0.29, 0.717) is 16.5 Å². The van der Waals surface area contributed by atoms with E-state index in [0.717, 1.165) is 9.54 Å². The van der Waals surface area contributed by atoms with Crippen LogP contribution in [0.25, 0.3) is 11.0 Å². The van der Waals surface area contributed by atoms with E-state index >= 15 is 4.39 Å². The van der Waals surface area contributed by atoms with Crippen molar-refractivity contribution in [1.29, 1.82) is 0 Å². The lowest BCUT2D eigenvalue weighted by atomic mass is 10.1. The molecule has 0 radical (unpaired) electrons. The van der Waals surface area contributed by atoms with Crippen LogP contribution in [0, 0.1) is 19.7 Å². The topological polar surface area (TPSA) is 126 Å². The van der Waals surface area contributed by atoms with Gasteiger partial charge in [0, 0.05) is 18.8 Å². The number of ether oxygens (including phenoxy) is 3. The number of aromatic nitrogens is 2. The number of amides is 1. The van der Waals surface area contributed by atoms with Crippen LogP contribution in [-0.2, 0) is 30.7 Å². The molecule has 1 amide bonds. The Balaban J connectivity index is 1.60. The number of carbonyl (C=O) groups excluding carboxylic acids is 2. The maximum atomic E-state index is 15.2. The summed E-state index contributed by atoms with van der Waals surface area (Å²) in [4.78, 5) is 28.9.